The molecule has 0 saturated heterocycles. The van der Waals surface area contributed by atoms with E-state index in [2.05, 4.69) is 20.8 Å². The molecule has 0 aliphatic carbocycles. The first-order valence-electron chi connectivity index (χ1n) is 8.96. The van der Waals surface area contributed by atoms with E-state index in [4.69, 9.17) is 13.9 Å². The van der Waals surface area contributed by atoms with Crippen LogP contribution >= 0.6 is 0 Å². The van der Waals surface area contributed by atoms with Crippen LogP contribution in [0.4, 0.5) is 5.95 Å². The number of furan rings is 1. The summed E-state index contributed by atoms with van der Waals surface area (Å²) in [6, 6.07) is 8.15. The number of nitrogens with one attached hydrogen (secondary N) is 1. The van der Waals surface area contributed by atoms with Crippen molar-refractivity contribution in [2.75, 3.05) is 19.5 Å². The lowest BCUT2D eigenvalue weighted by Gasteiger charge is -2.07. The van der Waals surface area contributed by atoms with Crippen LogP contribution in [0.15, 0.2) is 34.7 Å². The maximum Gasteiger partial charge on any atom is 0.337 e. The summed E-state index contributed by atoms with van der Waals surface area (Å²) in [5, 5.41) is 14.6. The second-order valence-corrected chi connectivity index (χ2v) is 6.13. The number of hydrogen-bond acceptors (Lipinski definition) is 9. The molecule has 0 fully saturated rings. The lowest BCUT2D eigenvalue weighted by atomic mass is 10.0. The number of aromatic nitrogens is 4. The van der Waals surface area contributed by atoms with E-state index in [-0.39, 0.29) is 11.1 Å². The van der Waals surface area contributed by atoms with E-state index in [0.29, 0.717) is 36.1 Å². The number of carbonyl (C=O) groups is 2. The Kier molecular flexibility index (Phi) is 6.22. The molecule has 2 aromatic heterocycles. The van der Waals surface area contributed by atoms with Gasteiger partial charge in [0, 0.05) is 12.1 Å². The molecular formula is C19H21N5O5. The number of carbonyl (C=O) groups excluding carboxylic acids is 2. The third-order valence-corrected chi connectivity index (χ3v) is 4.11. The fourth-order valence-electron chi connectivity index (χ4n) is 2.73. The van der Waals surface area contributed by atoms with Crippen molar-refractivity contribution in [1.29, 1.82) is 0 Å². The second kappa shape index (κ2) is 9.00. The number of rotatable bonds is 8. The van der Waals surface area contributed by atoms with Crippen molar-refractivity contribution in [3.8, 4) is 11.3 Å². The van der Waals surface area contributed by atoms with Gasteiger partial charge in [-0.1, -0.05) is 12.0 Å². The Hall–Kier alpha value is -3.69. The lowest BCUT2D eigenvalue weighted by Crippen LogP contribution is -2.08. The molecule has 0 radical (unpaired) electrons. The van der Waals surface area contributed by atoms with Crippen LogP contribution in [0.2, 0.25) is 0 Å². The minimum atomic E-state index is -0.562. The number of tetrazole rings is 1. The number of hydrogen-bond donors (Lipinski definition) is 1. The molecule has 0 unspecified atom stereocenters. The topological polar surface area (TPSA) is 121 Å². The molecule has 152 valence electrons. The van der Waals surface area contributed by atoms with Gasteiger partial charge in [-0.25, -0.2) is 14.3 Å². The average Bonchev–Trinajstić information content (AvgIpc) is 3.40. The Morgan fingerprint density at radius 3 is 2.41 bits per heavy atom. The zero-order valence-corrected chi connectivity index (χ0v) is 16.3. The van der Waals surface area contributed by atoms with E-state index in [1.54, 1.807) is 28.9 Å². The van der Waals surface area contributed by atoms with Gasteiger partial charge in [0.05, 0.1) is 31.9 Å². The van der Waals surface area contributed by atoms with Gasteiger partial charge in [0.25, 0.3) is 0 Å². The third-order valence-electron chi connectivity index (χ3n) is 4.11. The van der Waals surface area contributed by atoms with Crippen LogP contribution < -0.4 is 5.32 Å². The van der Waals surface area contributed by atoms with Crippen molar-refractivity contribution in [3.05, 3.63) is 47.2 Å². The minimum Gasteiger partial charge on any atom is -0.465 e. The first-order valence-corrected chi connectivity index (χ1v) is 8.96. The van der Waals surface area contributed by atoms with Crippen molar-refractivity contribution in [1.82, 2.24) is 20.2 Å². The quantitative estimate of drug-likeness (QED) is 0.569. The van der Waals surface area contributed by atoms with Crippen LogP contribution in [0.25, 0.3) is 11.3 Å². The Labute approximate surface area is 166 Å². The number of esters is 2. The first kappa shape index (κ1) is 20.1. The molecule has 0 bridgehead atoms. The largest absolute Gasteiger partial charge is 0.465 e. The monoisotopic (exact) mass is 399 g/mol. The highest BCUT2D eigenvalue weighted by molar-refractivity contribution is 5.97. The van der Waals surface area contributed by atoms with Crippen molar-refractivity contribution in [2.45, 2.75) is 26.4 Å². The van der Waals surface area contributed by atoms with E-state index in [0.717, 1.165) is 6.42 Å². The van der Waals surface area contributed by atoms with Gasteiger partial charge in [0.15, 0.2) is 0 Å². The molecule has 1 N–H and O–H groups in total. The molecule has 3 rings (SSSR count). The summed E-state index contributed by atoms with van der Waals surface area (Å²) in [6.07, 6.45) is 0.906. The Balaban J connectivity index is 1.82. The zero-order valence-electron chi connectivity index (χ0n) is 16.3. The summed E-state index contributed by atoms with van der Waals surface area (Å²) < 4.78 is 17.1. The summed E-state index contributed by atoms with van der Waals surface area (Å²) in [5.41, 5.74) is 0.996. The molecule has 10 nitrogen and oxygen atoms in total. The highest BCUT2D eigenvalue weighted by atomic mass is 16.5. The molecule has 0 atom stereocenters. The van der Waals surface area contributed by atoms with Gasteiger partial charge in [-0.05, 0) is 47.2 Å². The van der Waals surface area contributed by atoms with Crippen molar-refractivity contribution >= 4 is 17.9 Å². The molecular weight excluding hydrogens is 378 g/mol. The number of aryl methyl sites for hydroxylation is 1. The SMILES string of the molecule is CCCn1nnnc1NCc1ccc(-c2cc(C(=O)OC)cc(C(=O)OC)c2)o1. The predicted octanol–water partition coefficient (Wildman–Crippen LogP) is 2.53. The third kappa shape index (κ3) is 4.60. The normalized spacial score (nSPS) is 10.6. The molecule has 0 aliphatic heterocycles. The molecule has 3 aromatic rings. The van der Waals surface area contributed by atoms with Gasteiger partial charge >= 0.3 is 11.9 Å². The first-order chi connectivity index (χ1) is 14.0. The van der Waals surface area contributed by atoms with E-state index in [1.807, 2.05) is 6.92 Å². The van der Waals surface area contributed by atoms with Crippen LogP contribution in [0.1, 0.15) is 39.8 Å². The molecule has 0 aliphatic rings. The van der Waals surface area contributed by atoms with E-state index >= 15 is 0 Å². The van der Waals surface area contributed by atoms with Gasteiger partial charge in [0.1, 0.15) is 11.5 Å². The van der Waals surface area contributed by atoms with Crippen LogP contribution in [-0.4, -0.2) is 46.4 Å². The van der Waals surface area contributed by atoms with Crippen molar-refractivity contribution in [3.63, 3.8) is 0 Å². The lowest BCUT2D eigenvalue weighted by molar-refractivity contribution is 0.0599. The van der Waals surface area contributed by atoms with Crippen LogP contribution in [-0.2, 0) is 22.6 Å². The highest BCUT2D eigenvalue weighted by Gasteiger charge is 2.16. The molecule has 0 amide bonds. The van der Waals surface area contributed by atoms with E-state index < -0.39 is 11.9 Å². The minimum absolute atomic E-state index is 0.222. The fourth-order valence-corrected chi connectivity index (χ4v) is 2.73. The summed E-state index contributed by atoms with van der Waals surface area (Å²) in [7, 11) is 2.55. The summed E-state index contributed by atoms with van der Waals surface area (Å²) >= 11 is 0. The van der Waals surface area contributed by atoms with Gasteiger partial charge in [-0.15, -0.1) is 0 Å². The van der Waals surface area contributed by atoms with E-state index in [9.17, 15) is 9.59 Å². The van der Waals surface area contributed by atoms with Gasteiger partial charge in [0.2, 0.25) is 5.95 Å². The number of methoxy groups -OCH3 is 2. The molecule has 0 saturated carbocycles. The Morgan fingerprint density at radius 1 is 1.10 bits per heavy atom. The molecule has 2 heterocycles. The Morgan fingerprint density at radius 2 is 1.79 bits per heavy atom. The van der Waals surface area contributed by atoms with Crippen LogP contribution in [0, 0.1) is 0 Å². The maximum atomic E-state index is 11.9. The predicted molar refractivity (Wildman–Crippen MR) is 102 cm³/mol. The van der Waals surface area contributed by atoms with Gasteiger partial charge in [-0.3, -0.25) is 0 Å². The molecule has 10 heteroatoms. The van der Waals surface area contributed by atoms with E-state index in [1.165, 1.54) is 20.3 Å². The standard InChI is InChI=1S/C19H21N5O5/c1-4-7-24-19(21-22-23-24)20-11-15-5-6-16(29-15)12-8-13(17(25)27-2)10-14(9-12)18(26)28-3/h5-6,8-10H,4,7,11H2,1-3H3,(H,20,21,23). The fraction of sp³-hybridized carbons (Fsp3) is 0.316. The van der Waals surface area contributed by atoms with Crippen molar-refractivity contribution in [2.24, 2.45) is 0 Å². The smallest absolute Gasteiger partial charge is 0.337 e. The number of nitrogens with zero attached hydrogens (tertiary/aromatic N) is 4. The second-order valence-electron chi connectivity index (χ2n) is 6.13. The number of ether oxygens (including phenoxy) is 2. The molecule has 0 spiro atoms. The maximum absolute atomic E-state index is 11.9. The summed E-state index contributed by atoms with van der Waals surface area (Å²) in [6.45, 7) is 3.11. The zero-order chi connectivity index (χ0) is 20.8. The van der Waals surface area contributed by atoms with Crippen LogP contribution in [0.3, 0.4) is 0 Å². The summed E-state index contributed by atoms with van der Waals surface area (Å²) in [4.78, 5) is 23.9. The van der Waals surface area contributed by atoms with Gasteiger partial charge < -0.3 is 19.2 Å². The highest BCUT2D eigenvalue weighted by Crippen LogP contribution is 2.26. The Bertz CT molecular complexity index is 976. The van der Waals surface area contributed by atoms with Gasteiger partial charge in [-0.2, -0.15) is 0 Å². The average molecular weight is 399 g/mol. The molecule has 1 aromatic carbocycles. The summed E-state index contributed by atoms with van der Waals surface area (Å²) in [5.74, 6) is 0.548. The number of anilines is 1. The number of benzene rings is 1. The van der Waals surface area contributed by atoms with Crippen molar-refractivity contribution < 1.29 is 23.5 Å². The van der Waals surface area contributed by atoms with Crippen LogP contribution in [0.5, 0.6) is 0 Å². The molecule has 29 heavy (non-hydrogen) atoms.